The standard InChI is InChI=1S/C37H59N3O8/c1-28(13-7-6-12-26-46-35(43)39-20-10-11-21-39)34-29(2)16-17-32(37(3,45)19-18-31(41)27-33(42)48-34)47-36(44)40-24-22-38(23-25-40)30-14-8-4-5-9-15-30/h6-7,13,16-17,29-32,34,41,45H,4-5,8-12,14-15,18-27H2,1-3H3/b7-6+,17-16-,28-13+/t29-,31+,32-,34+,37+/m0/s1. The maximum Gasteiger partial charge on any atom is 0.410 e. The zero-order valence-corrected chi connectivity index (χ0v) is 29.4. The summed E-state index contributed by atoms with van der Waals surface area (Å²) >= 11 is 0. The van der Waals surface area contributed by atoms with E-state index >= 15 is 0 Å². The van der Waals surface area contributed by atoms with Gasteiger partial charge in [-0.2, -0.15) is 0 Å². The first-order valence-electron chi connectivity index (χ1n) is 18.3. The molecule has 0 aromatic rings. The van der Waals surface area contributed by atoms with Crippen LogP contribution in [0.25, 0.3) is 0 Å². The lowest BCUT2D eigenvalue weighted by Gasteiger charge is -2.40. The van der Waals surface area contributed by atoms with E-state index in [0.717, 1.165) is 44.6 Å². The Kier molecular flexibility index (Phi) is 14.8. The van der Waals surface area contributed by atoms with Gasteiger partial charge in [0.15, 0.2) is 6.10 Å². The summed E-state index contributed by atoms with van der Waals surface area (Å²) in [5.41, 5.74) is -0.677. The molecule has 0 bridgehead atoms. The van der Waals surface area contributed by atoms with Gasteiger partial charge in [-0.25, -0.2) is 9.59 Å². The minimum atomic E-state index is -1.46. The van der Waals surface area contributed by atoms with Crippen molar-refractivity contribution in [1.82, 2.24) is 14.7 Å². The molecule has 1 saturated carbocycles. The number of piperazine rings is 1. The molecule has 1 aliphatic carbocycles. The van der Waals surface area contributed by atoms with E-state index < -0.39 is 36.0 Å². The van der Waals surface area contributed by atoms with Gasteiger partial charge >= 0.3 is 18.2 Å². The van der Waals surface area contributed by atoms with Crippen LogP contribution >= 0.6 is 0 Å². The van der Waals surface area contributed by atoms with Crippen LogP contribution in [0.15, 0.2) is 36.0 Å². The molecule has 3 heterocycles. The van der Waals surface area contributed by atoms with Gasteiger partial charge in [-0.15, -0.1) is 0 Å². The first-order valence-corrected chi connectivity index (χ1v) is 18.3. The monoisotopic (exact) mass is 673 g/mol. The summed E-state index contributed by atoms with van der Waals surface area (Å²) in [6.07, 6.45) is 16.0. The highest BCUT2D eigenvalue weighted by Gasteiger charge is 2.37. The van der Waals surface area contributed by atoms with E-state index in [1.54, 1.807) is 22.8 Å². The van der Waals surface area contributed by atoms with Gasteiger partial charge in [0.2, 0.25) is 0 Å². The molecule has 3 fully saturated rings. The highest BCUT2D eigenvalue weighted by Crippen LogP contribution is 2.28. The van der Waals surface area contributed by atoms with E-state index in [0.29, 0.717) is 25.6 Å². The Hall–Kier alpha value is -2.89. The highest BCUT2D eigenvalue weighted by molar-refractivity contribution is 5.70. The molecule has 11 nitrogen and oxygen atoms in total. The van der Waals surface area contributed by atoms with Gasteiger partial charge in [-0.3, -0.25) is 9.69 Å². The van der Waals surface area contributed by atoms with Gasteiger partial charge in [-0.05, 0) is 70.4 Å². The van der Waals surface area contributed by atoms with Crippen molar-refractivity contribution in [3.8, 4) is 0 Å². The van der Waals surface area contributed by atoms with Crippen molar-refractivity contribution >= 4 is 18.2 Å². The Labute approximate surface area is 286 Å². The third-order valence-corrected chi connectivity index (χ3v) is 10.3. The minimum Gasteiger partial charge on any atom is -0.457 e. The van der Waals surface area contributed by atoms with Gasteiger partial charge in [0.1, 0.15) is 11.7 Å². The second kappa shape index (κ2) is 18.8. The van der Waals surface area contributed by atoms with Crippen molar-refractivity contribution in [1.29, 1.82) is 0 Å². The molecule has 270 valence electrons. The third kappa shape index (κ3) is 11.6. The molecule has 0 aromatic carbocycles. The first-order chi connectivity index (χ1) is 23.0. The molecule has 4 aliphatic rings. The van der Waals surface area contributed by atoms with Gasteiger partial charge in [0, 0.05) is 51.2 Å². The second-order valence-electron chi connectivity index (χ2n) is 14.3. The lowest BCUT2D eigenvalue weighted by molar-refractivity contribution is -0.151. The number of hydrogen-bond donors (Lipinski definition) is 2. The number of aliphatic hydroxyl groups excluding tert-OH is 1. The number of carbonyl (C=O) groups excluding carboxylic acids is 3. The minimum absolute atomic E-state index is 0.133. The molecule has 48 heavy (non-hydrogen) atoms. The fraction of sp³-hybridized carbons (Fsp3) is 0.757. The number of likely N-dealkylation sites (tertiary alicyclic amines) is 1. The van der Waals surface area contributed by atoms with Crippen molar-refractivity contribution in [3.63, 3.8) is 0 Å². The maximum atomic E-state index is 13.4. The molecular formula is C37H59N3O8. The summed E-state index contributed by atoms with van der Waals surface area (Å²) in [5, 5.41) is 22.1. The molecule has 2 N–H and O–H groups in total. The summed E-state index contributed by atoms with van der Waals surface area (Å²) in [7, 11) is 0. The molecule has 0 spiro atoms. The number of carbonyl (C=O) groups is 3. The zero-order valence-electron chi connectivity index (χ0n) is 29.4. The Morgan fingerprint density at radius 2 is 1.62 bits per heavy atom. The molecule has 2 saturated heterocycles. The Morgan fingerprint density at radius 3 is 2.31 bits per heavy atom. The van der Waals surface area contributed by atoms with Gasteiger partial charge in [0.25, 0.3) is 0 Å². The van der Waals surface area contributed by atoms with E-state index in [2.05, 4.69) is 4.90 Å². The average Bonchev–Trinajstić information content (AvgIpc) is 3.48. The van der Waals surface area contributed by atoms with Crippen molar-refractivity contribution in [2.75, 3.05) is 45.9 Å². The van der Waals surface area contributed by atoms with Crippen molar-refractivity contribution in [2.24, 2.45) is 5.92 Å². The molecule has 3 aliphatic heterocycles. The van der Waals surface area contributed by atoms with E-state index in [1.807, 2.05) is 38.2 Å². The smallest absolute Gasteiger partial charge is 0.410 e. The lowest BCUT2D eigenvalue weighted by Crippen LogP contribution is -2.53. The van der Waals surface area contributed by atoms with Crippen LogP contribution in [0.1, 0.15) is 97.8 Å². The van der Waals surface area contributed by atoms with Gasteiger partial charge in [0.05, 0.1) is 19.1 Å². The largest absolute Gasteiger partial charge is 0.457 e. The molecular weight excluding hydrogens is 614 g/mol. The SMILES string of the molecule is C/C(=C\C=C\CCOC(=O)N1CCCC1)[C@H]1OC(=O)C[C@H](O)CC[C@@](C)(O)[C@@H](OC(=O)N2CCN(C3CCCCCC3)CC2)/C=C\[C@@H]1C. The van der Waals surface area contributed by atoms with Crippen LogP contribution in [0, 0.1) is 5.92 Å². The van der Waals surface area contributed by atoms with Crippen LogP contribution < -0.4 is 0 Å². The molecule has 0 radical (unpaired) electrons. The van der Waals surface area contributed by atoms with E-state index in [4.69, 9.17) is 14.2 Å². The van der Waals surface area contributed by atoms with Crippen molar-refractivity contribution in [2.45, 2.75) is 128 Å². The lowest BCUT2D eigenvalue weighted by atomic mass is 9.89. The Morgan fingerprint density at radius 1 is 0.958 bits per heavy atom. The number of esters is 1. The topological polar surface area (TPSA) is 129 Å². The van der Waals surface area contributed by atoms with Gasteiger partial charge in [-0.1, -0.05) is 56.9 Å². The second-order valence-corrected chi connectivity index (χ2v) is 14.3. The highest BCUT2D eigenvalue weighted by atomic mass is 16.6. The van der Waals surface area contributed by atoms with Crippen LogP contribution in [-0.4, -0.2) is 119 Å². The number of rotatable bonds is 7. The first kappa shape index (κ1) is 37.9. The number of ether oxygens (including phenoxy) is 3. The number of allylic oxidation sites excluding steroid dienone is 2. The molecule has 4 rings (SSSR count). The van der Waals surface area contributed by atoms with Crippen LogP contribution in [0.5, 0.6) is 0 Å². The summed E-state index contributed by atoms with van der Waals surface area (Å²) in [5.74, 6) is -0.846. The van der Waals surface area contributed by atoms with E-state index in [-0.39, 0.29) is 37.9 Å². The quantitative estimate of drug-likeness (QED) is 0.0917. The molecule has 2 amide bonds. The Bertz CT molecular complexity index is 1130. The molecule has 5 atom stereocenters. The predicted molar refractivity (Wildman–Crippen MR) is 183 cm³/mol. The fourth-order valence-corrected chi connectivity index (χ4v) is 7.14. The third-order valence-electron chi connectivity index (χ3n) is 10.3. The van der Waals surface area contributed by atoms with Crippen LogP contribution in [-0.2, 0) is 19.0 Å². The summed E-state index contributed by atoms with van der Waals surface area (Å²) in [6.45, 7) is 9.95. The number of amides is 2. The zero-order chi connectivity index (χ0) is 34.5. The van der Waals surface area contributed by atoms with Crippen LogP contribution in [0.3, 0.4) is 0 Å². The summed E-state index contributed by atoms with van der Waals surface area (Å²) < 4.78 is 17.2. The van der Waals surface area contributed by atoms with Crippen molar-refractivity contribution < 1.29 is 38.8 Å². The number of cyclic esters (lactones) is 1. The average molecular weight is 674 g/mol. The number of nitrogens with zero attached hydrogens (tertiary/aromatic N) is 3. The van der Waals surface area contributed by atoms with Crippen LogP contribution in [0.4, 0.5) is 9.59 Å². The Balaban J connectivity index is 1.37. The normalized spacial score (nSPS) is 31.4. The van der Waals surface area contributed by atoms with Crippen molar-refractivity contribution in [3.05, 3.63) is 36.0 Å². The fourth-order valence-electron chi connectivity index (χ4n) is 7.14. The van der Waals surface area contributed by atoms with E-state index in [1.165, 1.54) is 38.5 Å². The summed E-state index contributed by atoms with van der Waals surface area (Å²) in [6, 6.07) is 0.591. The number of hydrogen-bond acceptors (Lipinski definition) is 9. The molecule has 0 unspecified atom stereocenters. The van der Waals surface area contributed by atoms with E-state index in [9.17, 15) is 24.6 Å². The number of aliphatic hydroxyl groups is 2. The predicted octanol–water partition coefficient (Wildman–Crippen LogP) is 5.36. The molecule has 0 aromatic heterocycles. The maximum absolute atomic E-state index is 13.4. The molecule has 11 heteroatoms. The van der Waals surface area contributed by atoms with Crippen LogP contribution in [0.2, 0.25) is 0 Å². The summed E-state index contributed by atoms with van der Waals surface area (Å²) in [4.78, 5) is 44.2. The van der Waals surface area contributed by atoms with Gasteiger partial charge < -0.3 is 34.2 Å².